The fourth-order valence-corrected chi connectivity index (χ4v) is 1.92. The first-order chi connectivity index (χ1) is 10.0. The molecule has 1 aromatic heterocycles. The fourth-order valence-electron chi connectivity index (χ4n) is 1.68. The molecule has 7 heteroatoms. The Hall–Kier alpha value is -2.34. The van der Waals surface area contributed by atoms with Gasteiger partial charge >= 0.3 is 0 Å². The Bertz CT molecular complexity index is 679. The Morgan fingerprint density at radius 1 is 1.24 bits per heavy atom. The number of halogens is 2. The van der Waals surface area contributed by atoms with E-state index in [0.29, 0.717) is 22.2 Å². The van der Waals surface area contributed by atoms with Crippen molar-refractivity contribution in [3.8, 4) is 11.5 Å². The Morgan fingerprint density at radius 3 is 2.57 bits per heavy atom. The third kappa shape index (κ3) is 3.41. The number of rotatable bonds is 4. The SMILES string of the molecule is COc1cc(OC)c(NC(=O)c2cccc(F)n2)cc1Cl. The lowest BCUT2D eigenvalue weighted by molar-refractivity contribution is 0.102. The quantitative estimate of drug-likeness (QED) is 0.881. The zero-order valence-corrected chi connectivity index (χ0v) is 12.1. The molecule has 0 aliphatic rings. The van der Waals surface area contributed by atoms with E-state index in [2.05, 4.69) is 10.3 Å². The number of nitrogens with zero attached hydrogens (tertiary/aromatic N) is 1. The highest BCUT2D eigenvalue weighted by Gasteiger charge is 2.14. The van der Waals surface area contributed by atoms with E-state index >= 15 is 0 Å². The van der Waals surface area contributed by atoms with Crippen molar-refractivity contribution < 1.29 is 18.7 Å². The van der Waals surface area contributed by atoms with Gasteiger partial charge in [-0.15, -0.1) is 0 Å². The summed E-state index contributed by atoms with van der Waals surface area (Å²) in [6, 6.07) is 6.97. The van der Waals surface area contributed by atoms with Gasteiger partial charge in [-0.3, -0.25) is 4.79 Å². The van der Waals surface area contributed by atoms with Crippen LogP contribution >= 0.6 is 11.6 Å². The summed E-state index contributed by atoms with van der Waals surface area (Å²) in [4.78, 5) is 15.5. The molecule has 0 aliphatic carbocycles. The van der Waals surface area contributed by atoms with Gasteiger partial charge in [0.15, 0.2) is 0 Å². The summed E-state index contributed by atoms with van der Waals surface area (Å²) >= 11 is 6.01. The van der Waals surface area contributed by atoms with Crippen LogP contribution in [0.4, 0.5) is 10.1 Å². The molecule has 5 nitrogen and oxygen atoms in total. The van der Waals surface area contributed by atoms with Crippen LogP contribution in [0, 0.1) is 5.95 Å². The minimum Gasteiger partial charge on any atom is -0.495 e. The van der Waals surface area contributed by atoms with E-state index in [9.17, 15) is 9.18 Å². The summed E-state index contributed by atoms with van der Waals surface area (Å²) in [5, 5.41) is 2.87. The number of carbonyl (C=O) groups is 1. The molecule has 0 saturated heterocycles. The number of nitrogens with one attached hydrogen (secondary N) is 1. The van der Waals surface area contributed by atoms with Gasteiger partial charge in [0.1, 0.15) is 17.2 Å². The Balaban J connectivity index is 2.30. The molecule has 1 N–H and O–H groups in total. The summed E-state index contributed by atoms with van der Waals surface area (Å²) in [6.07, 6.45) is 0. The van der Waals surface area contributed by atoms with Crippen LogP contribution in [0.5, 0.6) is 11.5 Å². The van der Waals surface area contributed by atoms with Crippen LogP contribution in [0.15, 0.2) is 30.3 Å². The molecule has 1 aromatic carbocycles. The van der Waals surface area contributed by atoms with Gasteiger partial charge in [-0.05, 0) is 18.2 Å². The molecule has 1 heterocycles. The minimum atomic E-state index is -0.734. The number of anilines is 1. The lowest BCUT2D eigenvalue weighted by Gasteiger charge is -2.12. The van der Waals surface area contributed by atoms with Crippen LogP contribution < -0.4 is 14.8 Å². The highest BCUT2D eigenvalue weighted by atomic mass is 35.5. The van der Waals surface area contributed by atoms with Crippen molar-refractivity contribution >= 4 is 23.2 Å². The number of hydrogen-bond acceptors (Lipinski definition) is 4. The molecule has 0 spiro atoms. The second kappa shape index (κ2) is 6.41. The highest BCUT2D eigenvalue weighted by molar-refractivity contribution is 6.32. The van der Waals surface area contributed by atoms with E-state index in [1.165, 1.54) is 38.5 Å². The van der Waals surface area contributed by atoms with Crippen molar-refractivity contribution in [1.82, 2.24) is 4.98 Å². The van der Waals surface area contributed by atoms with Crippen molar-refractivity contribution in [3.63, 3.8) is 0 Å². The molecule has 0 unspecified atom stereocenters. The number of methoxy groups -OCH3 is 2. The molecule has 0 radical (unpaired) electrons. The molecule has 21 heavy (non-hydrogen) atoms. The van der Waals surface area contributed by atoms with Crippen LogP contribution in [-0.2, 0) is 0 Å². The third-order valence-electron chi connectivity index (χ3n) is 2.67. The van der Waals surface area contributed by atoms with E-state index < -0.39 is 11.9 Å². The molecule has 0 atom stereocenters. The highest BCUT2D eigenvalue weighted by Crippen LogP contribution is 2.36. The average molecular weight is 311 g/mol. The van der Waals surface area contributed by atoms with Crippen LogP contribution in [0.3, 0.4) is 0 Å². The zero-order valence-electron chi connectivity index (χ0n) is 11.3. The average Bonchev–Trinajstić information content (AvgIpc) is 2.47. The molecule has 0 bridgehead atoms. The van der Waals surface area contributed by atoms with E-state index in [4.69, 9.17) is 21.1 Å². The summed E-state index contributed by atoms with van der Waals surface area (Å²) in [6.45, 7) is 0. The maximum absolute atomic E-state index is 13.0. The fraction of sp³-hybridized carbons (Fsp3) is 0.143. The van der Waals surface area contributed by atoms with Crippen molar-refractivity contribution in [1.29, 1.82) is 0 Å². The second-order valence-electron chi connectivity index (χ2n) is 3.99. The molecule has 0 aliphatic heterocycles. The molecule has 0 fully saturated rings. The van der Waals surface area contributed by atoms with Crippen molar-refractivity contribution in [2.75, 3.05) is 19.5 Å². The third-order valence-corrected chi connectivity index (χ3v) is 2.97. The van der Waals surface area contributed by atoms with Crippen molar-refractivity contribution in [3.05, 3.63) is 47.0 Å². The normalized spacial score (nSPS) is 10.1. The van der Waals surface area contributed by atoms with Gasteiger partial charge in [-0.25, -0.2) is 4.98 Å². The number of ether oxygens (including phenoxy) is 2. The van der Waals surface area contributed by atoms with Crippen LogP contribution in [-0.4, -0.2) is 25.1 Å². The van der Waals surface area contributed by atoms with Gasteiger partial charge in [0.25, 0.3) is 5.91 Å². The number of amides is 1. The number of benzene rings is 1. The molecule has 2 aromatic rings. The molecule has 1 amide bonds. The first kappa shape index (κ1) is 15.1. The maximum atomic E-state index is 13.0. The molecule has 2 rings (SSSR count). The zero-order chi connectivity index (χ0) is 15.4. The maximum Gasteiger partial charge on any atom is 0.274 e. The summed E-state index contributed by atoms with van der Waals surface area (Å²) in [5.74, 6) is -0.534. The van der Waals surface area contributed by atoms with Crippen LogP contribution in [0.25, 0.3) is 0 Å². The first-order valence-corrected chi connectivity index (χ1v) is 6.28. The van der Waals surface area contributed by atoms with Crippen LogP contribution in [0.2, 0.25) is 5.02 Å². The predicted molar refractivity (Wildman–Crippen MR) is 76.7 cm³/mol. The largest absolute Gasteiger partial charge is 0.495 e. The molecular formula is C14H12ClFN2O3. The van der Waals surface area contributed by atoms with Gasteiger partial charge in [-0.1, -0.05) is 17.7 Å². The number of hydrogen-bond donors (Lipinski definition) is 1. The number of pyridine rings is 1. The van der Waals surface area contributed by atoms with Gasteiger partial charge in [0.05, 0.1) is 24.9 Å². The second-order valence-corrected chi connectivity index (χ2v) is 4.39. The van der Waals surface area contributed by atoms with E-state index in [1.807, 2.05) is 0 Å². The van der Waals surface area contributed by atoms with E-state index in [1.54, 1.807) is 0 Å². The Morgan fingerprint density at radius 2 is 1.95 bits per heavy atom. The van der Waals surface area contributed by atoms with E-state index in [-0.39, 0.29) is 5.69 Å². The first-order valence-electron chi connectivity index (χ1n) is 5.90. The Kier molecular flexibility index (Phi) is 4.59. The molecule has 0 saturated carbocycles. The smallest absolute Gasteiger partial charge is 0.274 e. The minimum absolute atomic E-state index is 0.0519. The molecule has 110 valence electrons. The lowest BCUT2D eigenvalue weighted by Crippen LogP contribution is -2.14. The van der Waals surface area contributed by atoms with Crippen molar-refractivity contribution in [2.45, 2.75) is 0 Å². The molecular weight excluding hydrogens is 299 g/mol. The summed E-state index contributed by atoms with van der Waals surface area (Å²) in [5.41, 5.74) is 0.281. The Labute approximate surface area is 125 Å². The van der Waals surface area contributed by atoms with Gasteiger partial charge in [0, 0.05) is 6.07 Å². The summed E-state index contributed by atoms with van der Waals surface area (Å²) < 4.78 is 23.2. The number of carbonyl (C=O) groups excluding carboxylic acids is 1. The van der Waals surface area contributed by atoms with E-state index in [0.717, 1.165) is 6.07 Å². The number of aromatic nitrogens is 1. The van der Waals surface area contributed by atoms with Crippen LogP contribution in [0.1, 0.15) is 10.5 Å². The standard InChI is InChI=1S/C14H12ClFN2O3/c1-20-11-7-12(21-2)10(6-8(11)15)18-14(19)9-4-3-5-13(16)17-9/h3-7H,1-2H3,(H,18,19). The van der Waals surface area contributed by atoms with Gasteiger partial charge in [0.2, 0.25) is 5.95 Å². The van der Waals surface area contributed by atoms with Gasteiger partial charge in [-0.2, -0.15) is 4.39 Å². The predicted octanol–water partition coefficient (Wildman–Crippen LogP) is 3.14. The van der Waals surface area contributed by atoms with Crippen molar-refractivity contribution in [2.24, 2.45) is 0 Å². The topological polar surface area (TPSA) is 60.5 Å². The monoisotopic (exact) mass is 310 g/mol. The van der Waals surface area contributed by atoms with Gasteiger partial charge < -0.3 is 14.8 Å². The lowest BCUT2D eigenvalue weighted by atomic mass is 10.2. The summed E-state index contributed by atoms with van der Waals surface area (Å²) in [7, 11) is 2.91.